The molecule has 2 aromatic carbocycles. The summed E-state index contributed by atoms with van der Waals surface area (Å²) in [6.45, 7) is 0. The van der Waals surface area contributed by atoms with E-state index in [9.17, 15) is 5.11 Å². The normalized spacial score (nSPS) is 16.7. The molecule has 0 bridgehead atoms. The zero-order valence-corrected chi connectivity index (χ0v) is 15.9. The first kappa shape index (κ1) is 18.2. The van der Waals surface area contributed by atoms with Crippen LogP contribution in [0.5, 0.6) is 0 Å². The molecule has 138 valence electrons. The maximum absolute atomic E-state index is 10.2. The van der Waals surface area contributed by atoms with E-state index in [1.807, 2.05) is 48.6 Å². The van der Waals surface area contributed by atoms with Crippen molar-refractivity contribution in [3.63, 3.8) is 0 Å². The van der Waals surface area contributed by atoms with Gasteiger partial charge in [-0.05, 0) is 54.2 Å². The number of hydrogen-bond acceptors (Lipinski definition) is 3. The van der Waals surface area contributed by atoms with E-state index in [-0.39, 0.29) is 5.92 Å². The molecule has 0 saturated heterocycles. The molecule has 1 saturated carbocycles. The van der Waals surface area contributed by atoms with Crippen LogP contribution in [0.4, 0.5) is 0 Å². The number of aliphatic hydroxyl groups excluding tert-OH is 1. The maximum atomic E-state index is 10.2. The number of halogens is 1. The Balaban J connectivity index is 1.59. The minimum atomic E-state index is -0.761. The van der Waals surface area contributed by atoms with E-state index in [0.29, 0.717) is 10.9 Å². The average molecular weight is 380 g/mol. The number of fused-ring (bicyclic) bond motifs is 1. The Hall–Kier alpha value is -2.20. The molecule has 2 atom stereocenters. The number of rotatable bonds is 6. The fraction of sp³-hybridized carbons (Fsp3) is 0.261. The van der Waals surface area contributed by atoms with Crippen molar-refractivity contribution in [1.82, 2.24) is 4.98 Å². The lowest BCUT2D eigenvalue weighted by Gasteiger charge is -2.22. The van der Waals surface area contributed by atoms with Crippen LogP contribution < -0.4 is 0 Å². The summed E-state index contributed by atoms with van der Waals surface area (Å²) in [5.41, 5.74) is 3.96. The SMILES string of the molecule is COC(O)C(c1cccc(C=Cc2ccc3ccc(Cl)cc3n2)c1)C1CC1. The van der Waals surface area contributed by atoms with Gasteiger partial charge in [-0.25, -0.2) is 4.98 Å². The van der Waals surface area contributed by atoms with Gasteiger partial charge < -0.3 is 9.84 Å². The van der Waals surface area contributed by atoms with E-state index in [4.69, 9.17) is 16.3 Å². The molecular weight excluding hydrogens is 358 g/mol. The van der Waals surface area contributed by atoms with E-state index in [1.54, 1.807) is 7.11 Å². The molecule has 0 spiro atoms. The largest absolute Gasteiger partial charge is 0.367 e. The maximum Gasteiger partial charge on any atom is 0.161 e. The topological polar surface area (TPSA) is 42.4 Å². The Kier molecular flexibility index (Phi) is 5.26. The number of aliphatic hydroxyl groups is 1. The number of pyridine rings is 1. The third-order valence-corrected chi connectivity index (χ3v) is 5.33. The lowest BCUT2D eigenvalue weighted by Crippen LogP contribution is -2.22. The van der Waals surface area contributed by atoms with E-state index in [2.05, 4.69) is 23.2 Å². The zero-order valence-electron chi connectivity index (χ0n) is 15.2. The number of aromatic nitrogens is 1. The van der Waals surface area contributed by atoms with E-state index >= 15 is 0 Å². The molecule has 27 heavy (non-hydrogen) atoms. The van der Waals surface area contributed by atoms with Crippen molar-refractivity contribution < 1.29 is 9.84 Å². The Morgan fingerprint density at radius 1 is 1.11 bits per heavy atom. The molecule has 1 N–H and O–H groups in total. The Morgan fingerprint density at radius 3 is 2.70 bits per heavy atom. The Bertz CT molecular complexity index is 981. The first-order valence-corrected chi connectivity index (χ1v) is 9.57. The molecule has 0 aliphatic heterocycles. The van der Waals surface area contributed by atoms with Crippen molar-refractivity contribution in [2.75, 3.05) is 7.11 Å². The van der Waals surface area contributed by atoms with Gasteiger partial charge in [0.25, 0.3) is 0 Å². The van der Waals surface area contributed by atoms with Crippen molar-refractivity contribution in [1.29, 1.82) is 0 Å². The van der Waals surface area contributed by atoms with Crippen LogP contribution in [0.15, 0.2) is 54.6 Å². The second-order valence-corrected chi connectivity index (χ2v) is 7.50. The van der Waals surface area contributed by atoms with Crippen LogP contribution in [0, 0.1) is 5.92 Å². The number of methoxy groups -OCH3 is 1. The molecule has 1 aromatic heterocycles. The summed E-state index contributed by atoms with van der Waals surface area (Å²) in [4.78, 5) is 4.66. The molecule has 0 radical (unpaired) electrons. The van der Waals surface area contributed by atoms with Crippen LogP contribution in [0.2, 0.25) is 5.02 Å². The van der Waals surface area contributed by atoms with Gasteiger partial charge in [-0.1, -0.05) is 54.1 Å². The minimum absolute atomic E-state index is 0.0317. The predicted octanol–water partition coefficient (Wildman–Crippen LogP) is 5.52. The number of benzene rings is 2. The summed E-state index contributed by atoms with van der Waals surface area (Å²) in [6.07, 6.45) is 5.58. The second-order valence-electron chi connectivity index (χ2n) is 7.07. The Morgan fingerprint density at radius 2 is 1.93 bits per heavy atom. The van der Waals surface area contributed by atoms with Gasteiger partial charge in [0, 0.05) is 23.4 Å². The lowest BCUT2D eigenvalue weighted by atomic mass is 9.92. The Labute approximate surface area is 164 Å². The first-order valence-electron chi connectivity index (χ1n) is 9.19. The van der Waals surface area contributed by atoms with Crippen molar-refractivity contribution in [2.24, 2.45) is 5.92 Å². The van der Waals surface area contributed by atoms with E-state index < -0.39 is 6.29 Å². The molecule has 4 heteroatoms. The van der Waals surface area contributed by atoms with E-state index in [0.717, 1.165) is 40.6 Å². The summed E-state index contributed by atoms with van der Waals surface area (Å²) < 4.78 is 5.20. The van der Waals surface area contributed by atoms with Crippen molar-refractivity contribution in [3.8, 4) is 0 Å². The summed E-state index contributed by atoms with van der Waals surface area (Å²) in [7, 11) is 1.56. The first-order chi connectivity index (χ1) is 13.1. The summed E-state index contributed by atoms with van der Waals surface area (Å²) in [5.74, 6) is 0.537. The van der Waals surface area contributed by atoms with Gasteiger partial charge in [-0.2, -0.15) is 0 Å². The predicted molar refractivity (Wildman–Crippen MR) is 111 cm³/mol. The quantitative estimate of drug-likeness (QED) is 0.573. The third-order valence-electron chi connectivity index (χ3n) is 5.10. The van der Waals surface area contributed by atoms with Crippen LogP contribution >= 0.6 is 11.6 Å². The summed E-state index contributed by atoms with van der Waals surface area (Å²) in [5, 5.41) is 12.0. The van der Waals surface area contributed by atoms with Crippen molar-refractivity contribution in [2.45, 2.75) is 25.0 Å². The van der Waals surface area contributed by atoms with Gasteiger partial charge >= 0.3 is 0 Å². The average Bonchev–Trinajstić information content (AvgIpc) is 3.51. The van der Waals surface area contributed by atoms with Crippen LogP contribution in [-0.2, 0) is 4.74 Å². The van der Waals surface area contributed by atoms with Crippen LogP contribution in [0.3, 0.4) is 0 Å². The van der Waals surface area contributed by atoms with Gasteiger partial charge in [0.15, 0.2) is 6.29 Å². The molecule has 2 unspecified atom stereocenters. The molecule has 1 fully saturated rings. The smallest absolute Gasteiger partial charge is 0.161 e. The van der Waals surface area contributed by atoms with Crippen molar-refractivity contribution >= 4 is 34.7 Å². The number of ether oxygens (including phenoxy) is 1. The van der Waals surface area contributed by atoms with E-state index in [1.165, 1.54) is 0 Å². The van der Waals surface area contributed by atoms with Gasteiger partial charge in [0.2, 0.25) is 0 Å². The highest BCUT2D eigenvalue weighted by molar-refractivity contribution is 6.31. The highest BCUT2D eigenvalue weighted by Gasteiger charge is 2.37. The monoisotopic (exact) mass is 379 g/mol. The number of hydrogen-bond donors (Lipinski definition) is 1. The number of nitrogens with zero attached hydrogens (tertiary/aromatic N) is 1. The highest BCUT2D eigenvalue weighted by Crippen LogP contribution is 2.44. The van der Waals surface area contributed by atoms with Crippen molar-refractivity contribution in [3.05, 3.63) is 76.4 Å². The summed E-state index contributed by atoms with van der Waals surface area (Å²) >= 11 is 6.07. The van der Waals surface area contributed by atoms with Gasteiger partial charge in [0.1, 0.15) is 0 Å². The fourth-order valence-corrected chi connectivity index (χ4v) is 3.69. The molecule has 4 rings (SSSR count). The minimum Gasteiger partial charge on any atom is -0.367 e. The molecule has 0 amide bonds. The molecule has 1 aliphatic carbocycles. The molecule has 3 aromatic rings. The molecule has 1 aliphatic rings. The van der Waals surface area contributed by atoms with Crippen LogP contribution in [-0.4, -0.2) is 23.5 Å². The highest BCUT2D eigenvalue weighted by atomic mass is 35.5. The zero-order chi connectivity index (χ0) is 18.8. The summed E-state index contributed by atoms with van der Waals surface area (Å²) in [6, 6.07) is 18.0. The molecular formula is C23H22ClNO2. The second kappa shape index (κ2) is 7.81. The lowest BCUT2D eigenvalue weighted by molar-refractivity contribution is -0.0957. The standard InChI is InChI=1S/C23H22ClNO2/c1-27-23(26)22(17-6-7-17)18-4-2-3-15(13-18)5-11-20-12-9-16-8-10-19(24)14-21(16)25-20/h2-5,8-14,17,22-23,26H,6-7H2,1H3. The van der Waals surface area contributed by atoms with Crippen LogP contribution in [0.25, 0.3) is 23.1 Å². The van der Waals surface area contributed by atoms with Crippen LogP contribution in [0.1, 0.15) is 35.6 Å². The molecule has 1 heterocycles. The van der Waals surface area contributed by atoms with Gasteiger partial charge in [0.05, 0.1) is 11.2 Å². The fourth-order valence-electron chi connectivity index (χ4n) is 3.52. The van der Waals surface area contributed by atoms with Gasteiger partial charge in [-0.3, -0.25) is 0 Å². The molecule has 3 nitrogen and oxygen atoms in total. The van der Waals surface area contributed by atoms with Gasteiger partial charge in [-0.15, -0.1) is 0 Å². The third kappa shape index (κ3) is 4.22.